The smallest absolute Gasteiger partial charge is 0.146 e. The molecule has 0 spiro atoms. The maximum absolute atomic E-state index is 5.37. The van der Waals surface area contributed by atoms with Gasteiger partial charge in [0.05, 0.1) is 44.9 Å². The monoisotopic (exact) mass is 740 g/mol. The van der Waals surface area contributed by atoms with Crippen LogP contribution in [0.25, 0.3) is 22.1 Å². The highest BCUT2D eigenvalue weighted by molar-refractivity contribution is 6.91. The maximum Gasteiger partial charge on any atom is 0.146 e. The van der Waals surface area contributed by atoms with E-state index in [-0.39, 0.29) is 0 Å². The Kier molecular flexibility index (Phi) is 11.3. The molecular weight excluding hydrogens is 681 g/mol. The van der Waals surface area contributed by atoms with Crippen molar-refractivity contribution in [3.63, 3.8) is 0 Å². The van der Waals surface area contributed by atoms with Crippen molar-refractivity contribution in [2.75, 3.05) is 10.6 Å². The Balaban J connectivity index is 1.94. The molecule has 4 aromatic rings. The van der Waals surface area contributed by atoms with Gasteiger partial charge in [-0.2, -0.15) is 0 Å². The zero-order valence-corrected chi connectivity index (χ0v) is 37.4. The van der Waals surface area contributed by atoms with Crippen LogP contribution in [-0.4, -0.2) is 34.2 Å². The molecule has 0 atom stereocenters. The van der Waals surface area contributed by atoms with Gasteiger partial charge in [-0.15, -0.1) is 16.6 Å². The summed E-state index contributed by atoms with van der Waals surface area (Å²) in [6.45, 7) is 35.3. The third-order valence-corrected chi connectivity index (χ3v) is 24.9. The van der Waals surface area contributed by atoms with Crippen LogP contribution >= 0.6 is 0 Å². The summed E-state index contributed by atoms with van der Waals surface area (Å²) in [6.07, 6.45) is 0. The quantitative estimate of drug-likeness (QED) is 0.103. The van der Waals surface area contributed by atoms with E-state index < -0.39 is 24.2 Å². The Morgan fingerprint density at radius 3 is 1.29 bits per heavy atom. The first-order valence-corrected chi connectivity index (χ1v) is 27.3. The number of nitrogens with one attached hydrogen (secondary N) is 2. The molecule has 0 saturated heterocycles. The van der Waals surface area contributed by atoms with Crippen LogP contribution in [-0.2, 0) is 0 Å². The Morgan fingerprint density at radius 1 is 0.500 bits per heavy atom. The summed E-state index contributed by atoms with van der Waals surface area (Å²) in [5, 5.41) is 7.75. The molecule has 0 radical (unpaired) electrons. The number of rotatable bonds is 6. The van der Waals surface area contributed by atoms with Crippen molar-refractivity contribution in [2.24, 2.45) is 0 Å². The van der Waals surface area contributed by atoms with Gasteiger partial charge in [0, 0.05) is 5.56 Å². The highest BCUT2D eigenvalue weighted by Gasteiger charge is 2.43. The molecule has 0 amide bonds. The first-order valence-electron chi connectivity index (χ1n) is 19.4. The first kappa shape index (κ1) is 39.4. The largest absolute Gasteiger partial charge is 0.351 e. The zero-order valence-electron chi connectivity index (χ0n) is 34.4. The maximum atomic E-state index is 5.37. The third kappa shape index (κ3) is 7.23. The number of fused-ring (bicyclic) bond motifs is 4. The van der Waals surface area contributed by atoms with E-state index in [2.05, 4.69) is 178 Å². The fourth-order valence-electron chi connectivity index (χ4n) is 8.90. The van der Waals surface area contributed by atoms with Gasteiger partial charge >= 0.3 is 0 Å². The van der Waals surface area contributed by atoms with E-state index in [4.69, 9.17) is 9.97 Å². The summed E-state index contributed by atoms with van der Waals surface area (Å²) in [4.78, 5) is 10.7. The molecule has 1 aliphatic rings. The number of nitrogens with zero attached hydrogens (tertiary/aromatic N) is 2. The van der Waals surface area contributed by atoms with Crippen LogP contribution in [0.5, 0.6) is 0 Å². The Labute approximate surface area is 317 Å². The van der Waals surface area contributed by atoms with Gasteiger partial charge in [-0.05, 0) is 63.6 Å². The minimum Gasteiger partial charge on any atom is -0.351 e. The van der Waals surface area contributed by atoms with E-state index in [1.165, 1.54) is 0 Å². The molecule has 0 unspecified atom stereocenters. The number of aromatic nitrogens is 2. The lowest BCUT2D eigenvalue weighted by atomic mass is 9.99. The third-order valence-electron chi connectivity index (χ3n) is 11.5. The molecule has 5 rings (SSSR count). The van der Waals surface area contributed by atoms with E-state index in [9.17, 15) is 0 Å². The van der Waals surface area contributed by atoms with Gasteiger partial charge in [0.15, 0.2) is 0 Å². The van der Waals surface area contributed by atoms with Gasteiger partial charge in [-0.1, -0.05) is 133 Å². The Hall–Kier alpha value is -3.81. The van der Waals surface area contributed by atoms with Crippen LogP contribution in [0.3, 0.4) is 0 Å². The normalized spacial score (nSPS) is 13.0. The molecule has 2 N–H and O–H groups in total. The summed E-state index contributed by atoms with van der Waals surface area (Å²) in [5.74, 6) is 11.2. The molecule has 2 heterocycles. The van der Waals surface area contributed by atoms with Crippen molar-refractivity contribution in [1.29, 1.82) is 0 Å². The summed E-state index contributed by atoms with van der Waals surface area (Å²) in [5.41, 5.74) is 24.6. The van der Waals surface area contributed by atoms with Crippen molar-refractivity contribution in [3.05, 3.63) is 59.2 Å². The van der Waals surface area contributed by atoms with E-state index in [1.54, 1.807) is 0 Å². The lowest BCUT2D eigenvalue weighted by molar-refractivity contribution is 0.838. The average Bonchev–Trinajstić information content (AvgIpc) is 3.05. The van der Waals surface area contributed by atoms with Crippen molar-refractivity contribution in [3.8, 4) is 34.4 Å². The van der Waals surface area contributed by atoms with E-state index in [1.807, 2.05) is 12.1 Å². The van der Waals surface area contributed by atoms with Crippen LogP contribution < -0.4 is 10.6 Å². The highest BCUT2D eigenvalue weighted by Crippen LogP contribution is 2.47. The number of anilines is 4. The second-order valence-electron chi connectivity index (χ2n) is 17.7. The molecule has 0 bridgehead atoms. The molecule has 0 fully saturated rings. The summed E-state index contributed by atoms with van der Waals surface area (Å²) in [6, 6.07) is 14.6. The molecule has 0 aliphatic carbocycles. The Morgan fingerprint density at radius 2 is 0.904 bits per heavy atom. The molecule has 3 aromatic carbocycles. The lowest BCUT2D eigenvalue weighted by Gasteiger charge is -2.38. The van der Waals surface area contributed by atoms with E-state index in [0.29, 0.717) is 33.2 Å². The molecule has 272 valence electrons. The molecule has 1 aliphatic heterocycles. The van der Waals surface area contributed by atoms with Crippen molar-refractivity contribution in [2.45, 2.75) is 136 Å². The predicted octanol–water partition coefficient (Wildman–Crippen LogP) is 13.0. The number of hydrogen-bond acceptors (Lipinski definition) is 4. The standard InChI is InChI=1S/C45H60N4Si3/c1-29(2)51(30(3)4,31(5)6)26-23-36-42-43(47-39-19-17-16-18-38(39)46-42)37(24-27-52(32(7)8,33(9)10)34(11)12)45-44(36)48-40-21-20-35(28-41(40)49-45)22-25-50(13,14)15/h16-21,28-34,48-49H,1-15H3. The van der Waals surface area contributed by atoms with E-state index in [0.717, 1.165) is 61.5 Å². The first-order chi connectivity index (χ1) is 24.3. The lowest BCUT2D eigenvalue weighted by Crippen LogP contribution is -2.43. The molecular formula is C45H60N4Si3. The zero-order chi connectivity index (χ0) is 38.3. The number of hydrogen-bond donors (Lipinski definition) is 2. The average molecular weight is 741 g/mol. The molecule has 1 aromatic heterocycles. The van der Waals surface area contributed by atoms with Gasteiger partial charge < -0.3 is 10.6 Å². The summed E-state index contributed by atoms with van der Waals surface area (Å²) >= 11 is 0. The van der Waals surface area contributed by atoms with Gasteiger partial charge in [0.25, 0.3) is 0 Å². The summed E-state index contributed by atoms with van der Waals surface area (Å²) in [7, 11) is -5.72. The van der Waals surface area contributed by atoms with Gasteiger partial charge in [0.2, 0.25) is 0 Å². The van der Waals surface area contributed by atoms with Crippen LogP contribution in [0.2, 0.25) is 52.9 Å². The fraction of sp³-hybridized carbons (Fsp3) is 0.467. The number of para-hydroxylation sites is 2. The van der Waals surface area contributed by atoms with Crippen LogP contribution in [0.1, 0.15) is 99.8 Å². The summed E-state index contributed by atoms with van der Waals surface area (Å²) < 4.78 is 0. The Bertz CT molecular complexity index is 2150. The SMILES string of the molecule is CC(C)[Si](C#Cc1c2c(c(C#C[Si](C(C)C)(C(C)C)C(C)C)c3nc4ccccc4nc13)Nc1cc(C#C[Si](C)(C)C)ccc1N2)(C(C)C)C(C)C. The molecule has 4 nitrogen and oxygen atoms in total. The van der Waals surface area contributed by atoms with Gasteiger partial charge in [-0.25, -0.2) is 9.97 Å². The molecule has 7 heteroatoms. The van der Waals surface area contributed by atoms with Crippen LogP contribution in [0.15, 0.2) is 42.5 Å². The molecule has 0 saturated carbocycles. The fourth-order valence-corrected chi connectivity index (χ4v) is 19.8. The van der Waals surface area contributed by atoms with Crippen molar-refractivity contribution < 1.29 is 0 Å². The van der Waals surface area contributed by atoms with Crippen molar-refractivity contribution in [1.82, 2.24) is 9.97 Å². The van der Waals surface area contributed by atoms with Gasteiger partial charge in [-0.3, -0.25) is 0 Å². The van der Waals surface area contributed by atoms with Crippen LogP contribution in [0.4, 0.5) is 22.7 Å². The second kappa shape index (κ2) is 14.9. The molecule has 52 heavy (non-hydrogen) atoms. The second-order valence-corrected chi connectivity index (χ2v) is 33.6. The minimum absolute atomic E-state index is 0.500. The van der Waals surface area contributed by atoms with Gasteiger partial charge in [0.1, 0.15) is 35.3 Å². The van der Waals surface area contributed by atoms with E-state index >= 15 is 0 Å². The highest BCUT2D eigenvalue weighted by atomic mass is 28.3. The topological polar surface area (TPSA) is 49.8 Å². The number of benzene rings is 3. The predicted molar refractivity (Wildman–Crippen MR) is 236 cm³/mol. The van der Waals surface area contributed by atoms with Crippen molar-refractivity contribution >= 4 is 69.0 Å². The minimum atomic E-state index is -2.09. The van der Waals surface area contributed by atoms with Crippen LogP contribution in [0, 0.1) is 34.4 Å².